The van der Waals surface area contributed by atoms with Gasteiger partial charge in [-0.25, -0.2) is 21.3 Å². The molecule has 3 aliphatic heterocycles. The molecule has 2 atom stereocenters. The van der Waals surface area contributed by atoms with E-state index in [9.17, 15) is 30.7 Å². The molecule has 11 heteroatoms. The largest absolute Gasteiger partial charge is 0.748 e. The van der Waals surface area contributed by atoms with Crippen LogP contribution in [0.4, 0.5) is 11.4 Å². The molecule has 1 aliphatic carbocycles. The van der Waals surface area contributed by atoms with Gasteiger partial charge in [0.1, 0.15) is 11.4 Å². The van der Waals surface area contributed by atoms with E-state index in [1.807, 2.05) is 85.5 Å². The number of Topliss-reactive ketones (excluding diaryl/α,β-unsaturated/α-hetero) is 1. The quantitative estimate of drug-likeness (QED) is 0.222. The predicted octanol–water partition coefficient (Wildman–Crippen LogP) is 5.28. The van der Waals surface area contributed by atoms with E-state index in [-0.39, 0.29) is 23.1 Å². The first-order valence-corrected chi connectivity index (χ1v) is 18.7. The van der Waals surface area contributed by atoms with Crippen LogP contribution in [0.25, 0.3) is 0 Å². The summed E-state index contributed by atoms with van der Waals surface area (Å²) in [7, 11) is -8.91. The van der Waals surface area contributed by atoms with E-state index >= 15 is 0 Å². The lowest BCUT2D eigenvalue weighted by atomic mass is 9.83. The van der Waals surface area contributed by atoms with Gasteiger partial charge in [0, 0.05) is 45.8 Å². The van der Waals surface area contributed by atoms with E-state index in [4.69, 9.17) is 0 Å². The van der Waals surface area contributed by atoms with Gasteiger partial charge in [-0.1, -0.05) is 56.3 Å². The Labute approximate surface area is 271 Å². The third-order valence-corrected chi connectivity index (χ3v) is 12.4. The Morgan fingerprint density at radius 3 is 2.07 bits per heavy atom. The molecule has 1 saturated heterocycles. The molecule has 2 aromatic carbocycles. The molecule has 1 saturated carbocycles. The van der Waals surface area contributed by atoms with Gasteiger partial charge in [0.25, 0.3) is 0 Å². The van der Waals surface area contributed by atoms with E-state index in [0.717, 1.165) is 33.9 Å². The summed E-state index contributed by atoms with van der Waals surface area (Å²) < 4.78 is 71.0. The van der Waals surface area contributed by atoms with Crippen molar-refractivity contribution < 1.29 is 30.7 Å². The van der Waals surface area contributed by atoms with Crippen LogP contribution in [0.2, 0.25) is 0 Å². The molecule has 0 amide bonds. The van der Waals surface area contributed by atoms with Crippen molar-refractivity contribution in [3.8, 4) is 0 Å². The van der Waals surface area contributed by atoms with Crippen LogP contribution in [-0.2, 0) is 35.9 Å². The molecule has 6 rings (SSSR count). The number of rotatable bonds is 7. The first kappa shape index (κ1) is 32.6. The van der Waals surface area contributed by atoms with Crippen LogP contribution in [-0.4, -0.2) is 55.9 Å². The number of hydrogen-bond donors (Lipinski definition) is 0. The van der Waals surface area contributed by atoms with Crippen molar-refractivity contribution in [2.75, 3.05) is 23.7 Å². The average molecular weight is 664 g/mol. The highest BCUT2D eigenvalue weighted by Crippen LogP contribution is 2.58. The highest BCUT2D eigenvalue weighted by atomic mass is 32.2. The van der Waals surface area contributed by atoms with Crippen LogP contribution in [0.5, 0.6) is 0 Å². The van der Waals surface area contributed by atoms with Gasteiger partial charge in [-0.2, -0.15) is 0 Å². The van der Waals surface area contributed by atoms with Gasteiger partial charge in [0.15, 0.2) is 21.3 Å². The summed E-state index contributed by atoms with van der Waals surface area (Å²) in [6.07, 6.45) is 8.99. The SMILES string of the molecule is CC1(C)C(=CC=C2CCC(=CC=C3C(C)(C)c4ccccc4[N+]34CCC4S(=O)(=O)[O-])C2=O)N(CCCS(=O)(=O)[O-])c2ccccc21. The van der Waals surface area contributed by atoms with Crippen molar-refractivity contribution in [1.82, 2.24) is 4.48 Å². The van der Waals surface area contributed by atoms with Crippen LogP contribution in [0.3, 0.4) is 0 Å². The highest BCUT2D eigenvalue weighted by Gasteiger charge is 2.64. The van der Waals surface area contributed by atoms with Crippen LogP contribution >= 0.6 is 0 Å². The second kappa shape index (κ2) is 11.1. The molecule has 0 radical (unpaired) electrons. The highest BCUT2D eigenvalue weighted by molar-refractivity contribution is 7.86. The maximum Gasteiger partial charge on any atom is 0.193 e. The molecule has 0 N–H and O–H groups in total. The number of nitrogens with zero attached hydrogens (tertiary/aromatic N) is 2. The molecule has 244 valence electrons. The van der Waals surface area contributed by atoms with Crippen LogP contribution in [0.1, 0.15) is 64.5 Å². The maximum atomic E-state index is 13.6. The summed E-state index contributed by atoms with van der Waals surface area (Å²) in [6, 6.07) is 15.6. The number of fused-ring (bicyclic) bond motifs is 3. The monoisotopic (exact) mass is 663 g/mol. The molecular weight excluding hydrogens is 625 g/mol. The standard InChI is InChI=1S/C35H40N2O7S2/c1-34(2)26-10-5-7-12-28(26)36(21-9-23-45(39,40)41)30(34)18-16-24-14-15-25(33(24)38)17-19-31-35(3,4)27-11-6-8-13-29(27)37(31)22-20-32(37)46(42,43)44/h5-8,10-13,16-19,32H,9,14-15,20-23H2,1-4H3,(H-,39,40,41,42,43,44)/p-1. The summed E-state index contributed by atoms with van der Waals surface area (Å²) in [6.45, 7) is 9.08. The average Bonchev–Trinajstić information content (AvgIpc) is 3.48. The zero-order valence-electron chi connectivity index (χ0n) is 26.5. The number of quaternary nitrogens is 1. The number of carbonyl (C=O) groups excluding carboxylic acids is 1. The summed E-state index contributed by atoms with van der Waals surface area (Å²) >= 11 is 0. The zero-order valence-corrected chi connectivity index (χ0v) is 28.2. The van der Waals surface area contributed by atoms with Crippen molar-refractivity contribution in [2.45, 2.75) is 69.6 Å². The van der Waals surface area contributed by atoms with E-state index in [2.05, 4.69) is 13.8 Å². The zero-order chi connectivity index (χ0) is 33.3. The second-order valence-corrected chi connectivity index (χ2v) is 16.7. The topological polar surface area (TPSA) is 135 Å². The minimum absolute atomic E-state index is 0.0130. The van der Waals surface area contributed by atoms with Gasteiger partial charge < -0.3 is 14.0 Å². The third-order valence-electron chi connectivity index (χ3n) is 10.3. The van der Waals surface area contributed by atoms with E-state index in [1.165, 1.54) is 0 Å². The van der Waals surface area contributed by atoms with Crippen LogP contribution in [0.15, 0.2) is 95.4 Å². The molecular formula is C35H39N2O7S2-. The Morgan fingerprint density at radius 2 is 1.46 bits per heavy atom. The minimum Gasteiger partial charge on any atom is -0.748 e. The summed E-state index contributed by atoms with van der Waals surface area (Å²) in [4.78, 5) is 15.7. The molecule has 0 aromatic heterocycles. The first-order valence-electron chi connectivity index (χ1n) is 15.6. The van der Waals surface area contributed by atoms with Crippen molar-refractivity contribution in [3.05, 3.63) is 107 Å². The smallest absolute Gasteiger partial charge is 0.193 e. The summed E-state index contributed by atoms with van der Waals surface area (Å²) in [5.41, 5.74) is 5.87. The van der Waals surface area contributed by atoms with E-state index in [1.54, 1.807) is 6.08 Å². The Morgan fingerprint density at radius 1 is 0.848 bits per heavy atom. The fourth-order valence-electron chi connectivity index (χ4n) is 8.03. The van der Waals surface area contributed by atoms with Crippen LogP contribution < -0.4 is 9.38 Å². The molecule has 1 spiro atoms. The fourth-order valence-corrected chi connectivity index (χ4v) is 9.68. The Bertz CT molecular complexity index is 1970. The number of allylic oxidation sites excluding steroid dienone is 8. The fraction of sp³-hybridized carbons (Fsp3) is 0.400. The van der Waals surface area contributed by atoms with E-state index in [0.29, 0.717) is 37.1 Å². The number of anilines is 1. The van der Waals surface area contributed by atoms with Crippen molar-refractivity contribution >= 4 is 37.4 Å². The van der Waals surface area contributed by atoms with Crippen molar-refractivity contribution in [1.29, 1.82) is 0 Å². The Hall–Kier alpha value is -3.35. The normalized spacial score (nSPS) is 28.4. The number of hydrogen-bond acceptors (Lipinski definition) is 8. The lowest BCUT2D eigenvalue weighted by Gasteiger charge is -2.51. The maximum absolute atomic E-state index is 13.6. The van der Waals surface area contributed by atoms with Gasteiger partial charge in [-0.05, 0) is 69.0 Å². The Balaban J connectivity index is 1.32. The van der Waals surface area contributed by atoms with Gasteiger partial charge >= 0.3 is 0 Å². The second-order valence-electron chi connectivity index (χ2n) is 13.7. The Kier molecular flexibility index (Phi) is 7.88. The number of para-hydroxylation sites is 2. The summed E-state index contributed by atoms with van der Waals surface area (Å²) in [5, 5.41) is -1.10. The lowest BCUT2D eigenvalue weighted by molar-refractivity contribution is -0.111. The van der Waals surface area contributed by atoms with Crippen molar-refractivity contribution in [2.24, 2.45) is 0 Å². The molecule has 46 heavy (non-hydrogen) atoms. The summed E-state index contributed by atoms with van der Waals surface area (Å²) in [5.74, 6) is -0.533. The number of ketones is 1. The molecule has 9 nitrogen and oxygen atoms in total. The molecule has 2 aromatic rings. The first-order chi connectivity index (χ1) is 21.5. The van der Waals surface area contributed by atoms with Gasteiger partial charge in [-0.3, -0.25) is 4.79 Å². The van der Waals surface area contributed by atoms with E-state index < -0.39 is 42.2 Å². The number of carbonyl (C=O) groups is 1. The molecule has 2 fully saturated rings. The van der Waals surface area contributed by atoms with Crippen molar-refractivity contribution in [3.63, 3.8) is 0 Å². The minimum atomic E-state index is -4.57. The third kappa shape index (κ3) is 5.22. The van der Waals surface area contributed by atoms with Gasteiger partial charge in [0.05, 0.1) is 28.5 Å². The molecule has 0 bridgehead atoms. The lowest BCUT2D eigenvalue weighted by Crippen LogP contribution is -2.68. The molecule has 2 unspecified atom stereocenters. The number of benzene rings is 2. The van der Waals surface area contributed by atoms with Crippen LogP contribution in [0, 0.1) is 0 Å². The van der Waals surface area contributed by atoms with Gasteiger partial charge in [-0.15, -0.1) is 0 Å². The molecule has 4 aliphatic rings. The molecule has 3 heterocycles. The predicted molar refractivity (Wildman–Crippen MR) is 177 cm³/mol. The van der Waals surface area contributed by atoms with Gasteiger partial charge in [0.2, 0.25) is 0 Å².